The van der Waals surface area contributed by atoms with Crippen LogP contribution in [0, 0.1) is 12.3 Å². The highest BCUT2D eigenvalue weighted by Gasteiger charge is 2.14. The van der Waals surface area contributed by atoms with Crippen LogP contribution in [0.3, 0.4) is 0 Å². The number of amidine groups is 1. The Bertz CT molecular complexity index is 600. The van der Waals surface area contributed by atoms with Crippen molar-refractivity contribution >= 4 is 17.6 Å². The summed E-state index contributed by atoms with van der Waals surface area (Å²) in [6.45, 7) is 1.99. The molecule has 6 heteroatoms. The van der Waals surface area contributed by atoms with Gasteiger partial charge in [0.25, 0.3) is 0 Å². The first-order valence-corrected chi connectivity index (χ1v) is 6.03. The minimum absolute atomic E-state index is 0.132. The van der Waals surface area contributed by atoms with Crippen LogP contribution in [0.15, 0.2) is 40.4 Å². The van der Waals surface area contributed by atoms with E-state index in [2.05, 4.69) is 10.2 Å². The largest absolute Gasteiger partial charge is 0.505 e. The van der Waals surface area contributed by atoms with E-state index < -0.39 is 0 Å². The summed E-state index contributed by atoms with van der Waals surface area (Å²) in [5.41, 5.74) is 6.78. The van der Waals surface area contributed by atoms with Crippen LogP contribution in [0.1, 0.15) is 11.1 Å². The van der Waals surface area contributed by atoms with E-state index in [1.165, 1.54) is 18.0 Å². The minimum Gasteiger partial charge on any atom is -0.505 e. The summed E-state index contributed by atoms with van der Waals surface area (Å²) in [6.07, 6.45) is 1.18. The Morgan fingerprint density at radius 3 is 2.89 bits per heavy atom. The molecule has 2 rings (SSSR count). The molecule has 0 saturated heterocycles. The van der Waals surface area contributed by atoms with Gasteiger partial charge in [-0.25, -0.2) is 0 Å². The third-order valence-corrected chi connectivity index (χ3v) is 3.24. The summed E-state index contributed by atoms with van der Waals surface area (Å²) < 4.78 is 0. The lowest BCUT2D eigenvalue weighted by molar-refractivity contribution is 0.466. The van der Waals surface area contributed by atoms with E-state index in [4.69, 9.17) is 11.1 Å². The molecule has 1 heterocycles. The average Bonchev–Trinajstić information content (AvgIpc) is 2.28. The summed E-state index contributed by atoms with van der Waals surface area (Å²) in [6, 6.07) is 7.83. The highest BCUT2D eigenvalue weighted by molar-refractivity contribution is 7.99. The molecular formula is C12H12N4OS. The molecule has 0 aliphatic carbocycles. The molecule has 2 aromatic rings. The zero-order chi connectivity index (χ0) is 13.1. The van der Waals surface area contributed by atoms with Gasteiger partial charge in [-0.15, -0.1) is 5.10 Å². The third kappa shape index (κ3) is 2.60. The molecule has 0 aliphatic rings. The third-order valence-electron chi connectivity index (χ3n) is 2.27. The molecule has 0 bridgehead atoms. The predicted octanol–water partition coefficient (Wildman–Crippen LogP) is 1.93. The van der Waals surface area contributed by atoms with Crippen LogP contribution < -0.4 is 5.73 Å². The second-order valence-corrected chi connectivity index (χ2v) is 4.80. The fraction of sp³-hybridized carbons (Fsp3) is 0.0833. The van der Waals surface area contributed by atoms with E-state index in [9.17, 15) is 5.11 Å². The maximum Gasteiger partial charge on any atom is 0.149 e. The van der Waals surface area contributed by atoms with Gasteiger partial charge in [-0.2, -0.15) is 5.10 Å². The Morgan fingerprint density at radius 1 is 1.44 bits per heavy atom. The SMILES string of the molecule is Cc1cccc(Sc2nncc(O)c2C(=N)N)c1. The van der Waals surface area contributed by atoms with Gasteiger partial charge in [0, 0.05) is 4.90 Å². The van der Waals surface area contributed by atoms with E-state index >= 15 is 0 Å². The van der Waals surface area contributed by atoms with Crippen molar-refractivity contribution in [3.05, 3.63) is 41.6 Å². The topological polar surface area (TPSA) is 95.9 Å². The van der Waals surface area contributed by atoms with Crippen molar-refractivity contribution in [2.45, 2.75) is 16.8 Å². The summed E-state index contributed by atoms with van der Waals surface area (Å²) in [7, 11) is 0. The number of nitrogens with two attached hydrogens (primary N) is 1. The number of hydrogen-bond donors (Lipinski definition) is 3. The van der Waals surface area contributed by atoms with Crippen LogP contribution in [-0.2, 0) is 0 Å². The van der Waals surface area contributed by atoms with E-state index in [1.54, 1.807) is 0 Å². The monoisotopic (exact) mass is 260 g/mol. The number of benzene rings is 1. The van der Waals surface area contributed by atoms with Gasteiger partial charge in [0.15, 0.2) is 0 Å². The first-order valence-electron chi connectivity index (χ1n) is 5.21. The molecule has 1 aromatic heterocycles. The molecule has 0 saturated carbocycles. The normalized spacial score (nSPS) is 10.3. The molecule has 0 amide bonds. The molecule has 4 N–H and O–H groups in total. The molecule has 92 valence electrons. The first kappa shape index (κ1) is 12.4. The van der Waals surface area contributed by atoms with Gasteiger partial charge < -0.3 is 10.8 Å². The molecule has 0 fully saturated rings. The summed E-state index contributed by atoms with van der Waals surface area (Å²) >= 11 is 1.32. The second-order valence-electron chi connectivity index (χ2n) is 3.74. The van der Waals surface area contributed by atoms with Gasteiger partial charge in [-0.05, 0) is 19.1 Å². The van der Waals surface area contributed by atoms with Gasteiger partial charge in [0.05, 0.1) is 11.8 Å². The molecule has 5 nitrogen and oxygen atoms in total. The maximum atomic E-state index is 9.66. The van der Waals surface area contributed by atoms with Crippen molar-refractivity contribution in [1.82, 2.24) is 10.2 Å². The molecule has 18 heavy (non-hydrogen) atoms. The predicted molar refractivity (Wildman–Crippen MR) is 70.0 cm³/mol. The van der Waals surface area contributed by atoms with Crippen LogP contribution in [0.4, 0.5) is 0 Å². The fourth-order valence-corrected chi connectivity index (χ4v) is 2.49. The van der Waals surface area contributed by atoms with Gasteiger partial charge >= 0.3 is 0 Å². The maximum absolute atomic E-state index is 9.66. The van der Waals surface area contributed by atoms with Crippen LogP contribution in [-0.4, -0.2) is 21.1 Å². The number of hydrogen-bond acceptors (Lipinski definition) is 5. The Morgan fingerprint density at radius 2 is 2.22 bits per heavy atom. The Hall–Kier alpha value is -2.08. The average molecular weight is 260 g/mol. The number of aromatic nitrogens is 2. The summed E-state index contributed by atoms with van der Waals surface area (Å²) in [5, 5.41) is 25.1. The number of aromatic hydroxyl groups is 1. The lowest BCUT2D eigenvalue weighted by Crippen LogP contribution is -2.13. The van der Waals surface area contributed by atoms with Crippen LogP contribution >= 0.6 is 11.8 Å². The van der Waals surface area contributed by atoms with E-state index in [-0.39, 0.29) is 17.1 Å². The van der Waals surface area contributed by atoms with Crippen molar-refractivity contribution < 1.29 is 5.11 Å². The van der Waals surface area contributed by atoms with E-state index in [0.29, 0.717) is 5.03 Å². The Labute approximate surface area is 109 Å². The Balaban J connectivity index is 2.40. The van der Waals surface area contributed by atoms with Crippen molar-refractivity contribution in [3.8, 4) is 5.75 Å². The zero-order valence-corrected chi connectivity index (χ0v) is 10.5. The van der Waals surface area contributed by atoms with Gasteiger partial charge in [0.2, 0.25) is 0 Å². The fourth-order valence-electron chi connectivity index (χ4n) is 1.48. The Kier molecular flexibility index (Phi) is 3.47. The number of aryl methyl sites for hydroxylation is 1. The molecule has 0 unspecified atom stereocenters. The van der Waals surface area contributed by atoms with Gasteiger partial charge in [0.1, 0.15) is 16.6 Å². The highest BCUT2D eigenvalue weighted by atomic mass is 32.2. The minimum atomic E-state index is -0.224. The number of nitrogens with one attached hydrogen (secondary N) is 1. The molecule has 0 radical (unpaired) electrons. The van der Waals surface area contributed by atoms with E-state index in [0.717, 1.165) is 10.5 Å². The van der Waals surface area contributed by atoms with Crippen molar-refractivity contribution in [2.75, 3.05) is 0 Å². The smallest absolute Gasteiger partial charge is 0.149 e. The zero-order valence-electron chi connectivity index (χ0n) is 9.71. The number of nitrogen functional groups attached to an aromatic ring is 1. The molecule has 0 spiro atoms. The van der Waals surface area contributed by atoms with Crippen LogP contribution in [0.25, 0.3) is 0 Å². The van der Waals surface area contributed by atoms with Gasteiger partial charge in [-0.3, -0.25) is 5.41 Å². The number of nitrogens with zero attached hydrogens (tertiary/aromatic N) is 2. The molecular weight excluding hydrogens is 248 g/mol. The molecule has 0 atom stereocenters. The lowest BCUT2D eigenvalue weighted by atomic mass is 10.2. The quantitative estimate of drug-likeness (QED) is 0.579. The van der Waals surface area contributed by atoms with Gasteiger partial charge in [-0.1, -0.05) is 29.5 Å². The van der Waals surface area contributed by atoms with Crippen molar-refractivity contribution in [2.24, 2.45) is 5.73 Å². The highest BCUT2D eigenvalue weighted by Crippen LogP contribution is 2.31. The molecule has 1 aromatic carbocycles. The number of rotatable bonds is 3. The lowest BCUT2D eigenvalue weighted by Gasteiger charge is -2.07. The van der Waals surface area contributed by atoms with Crippen LogP contribution in [0.2, 0.25) is 0 Å². The summed E-state index contributed by atoms with van der Waals surface area (Å²) in [5.74, 6) is -0.356. The summed E-state index contributed by atoms with van der Waals surface area (Å²) in [4.78, 5) is 0.956. The first-order chi connectivity index (χ1) is 8.58. The molecule has 0 aliphatic heterocycles. The second kappa shape index (κ2) is 5.05. The van der Waals surface area contributed by atoms with Crippen molar-refractivity contribution in [3.63, 3.8) is 0 Å². The van der Waals surface area contributed by atoms with Crippen LogP contribution in [0.5, 0.6) is 5.75 Å². The van der Waals surface area contributed by atoms with E-state index in [1.807, 2.05) is 31.2 Å². The van der Waals surface area contributed by atoms with Crippen molar-refractivity contribution in [1.29, 1.82) is 5.41 Å². The standard InChI is InChI=1S/C12H12N4OS/c1-7-3-2-4-8(5-7)18-12-10(11(13)14)9(17)6-15-16-12/h2-6H,1H3,(H3,13,14)(H,16,17).